The maximum Gasteiger partial charge on any atom is 0.258 e. The molecule has 3 rings (SSSR count). The minimum atomic E-state index is -3.41. The Labute approximate surface area is 171 Å². The van der Waals surface area contributed by atoms with Crippen molar-refractivity contribution in [1.82, 2.24) is 20.1 Å². The van der Waals surface area contributed by atoms with Crippen LogP contribution in [0, 0.1) is 13.8 Å². The van der Waals surface area contributed by atoms with Crippen molar-refractivity contribution in [1.29, 1.82) is 0 Å². The number of aromatic nitrogens is 3. The molecule has 0 aliphatic carbocycles. The van der Waals surface area contributed by atoms with Crippen LogP contribution in [0.15, 0.2) is 17.0 Å². The van der Waals surface area contributed by atoms with Gasteiger partial charge in [-0.15, -0.1) is 12.4 Å². The molecular formula is C18H26ClN5O3S. The number of carbonyl (C=O) groups is 1. The topological polar surface area (TPSA) is 106 Å². The van der Waals surface area contributed by atoms with E-state index in [2.05, 4.69) is 20.7 Å². The van der Waals surface area contributed by atoms with Crippen LogP contribution in [-0.2, 0) is 16.9 Å². The van der Waals surface area contributed by atoms with E-state index in [9.17, 15) is 13.2 Å². The Bertz CT molecular complexity index is 981. The molecular weight excluding hydrogens is 402 g/mol. The van der Waals surface area contributed by atoms with Gasteiger partial charge in [0.2, 0.25) is 5.95 Å². The number of halogens is 1. The lowest BCUT2D eigenvalue weighted by Crippen LogP contribution is -2.27. The van der Waals surface area contributed by atoms with E-state index in [4.69, 9.17) is 0 Å². The Morgan fingerprint density at radius 3 is 2.50 bits per heavy atom. The van der Waals surface area contributed by atoms with Crippen LogP contribution in [0.4, 0.5) is 5.95 Å². The predicted molar refractivity (Wildman–Crippen MR) is 110 cm³/mol. The normalized spacial score (nSPS) is 15.1. The molecule has 154 valence electrons. The van der Waals surface area contributed by atoms with E-state index in [0.717, 1.165) is 49.1 Å². The van der Waals surface area contributed by atoms with Crippen molar-refractivity contribution in [2.45, 2.75) is 37.5 Å². The fraction of sp³-hybridized carbons (Fsp3) is 0.500. The highest BCUT2D eigenvalue weighted by molar-refractivity contribution is 7.90. The average molecular weight is 428 g/mol. The summed E-state index contributed by atoms with van der Waals surface area (Å²) in [5, 5.41) is 10.5. The van der Waals surface area contributed by atoms with Gasteiger partial charge >= 0.3 is 0 Å². The van der Waals surface area contributed by atoms with Gasteiger partial charge in [0, 0.05) is 24.8 Å². The van der Waals surface area contributed by atoms with Gasteiger partial charge in [0.25, 0.3) is 5.91 Å². The van der Waals surface area contributed by atoms with Gasteiger partial charge in [-0.2, -0.15) is 10.1 Å². The summed E-state index contributed by atoms with van der Waals surface area (Å²) < 4.78 is 25.4. The number of hydrogen-bond donors (Lipinski definition) is 2. The number of piperidine rings is 1. The molecule has 1 fully saturated rings. The largest absolute Gasteiger partial charge is 0.317 e. The van der Waals surface area contributed by atoms with E-state index < -0.39 is 15.7 Å². The van der Waals surface area contributed by atoms with Crippen LogP contribution in [0.5, 0.6) is 0 Å². The average Bonchev–Trinajstić information content (AvgIpc) is 2.97. The van der Waals surface area contributed by atoms with Crippen LogP contribution in [0.3, 0.4) is 0 Å². The van der Waals surface area contributed by atoms with E-state index in [1.807, 2.05) is 0 Å². The van der Waals surface area contributed by atoms with Crippen molar-refractivity contribution < 1.29 is 13.2 Å². The van der Waals surface area contributed by atoms with Crippen LogP contribution < -0.4 is 10.6 Å². The molecule has 1 aliphatic heterocycles. The second kappa shape index (κ2) is 8.59. The van der Waals surface area contributed by atoms with Crippen molar-refractivity contribution in [2.24, 2.45) is 7.05 Å². The summed E-state index contributed by atoms with van der Waals surface area (Å²) in [4.78, 5) is 17.4. The standard InChI is InChI=1S/C18H25N5O3S.ClH/c1-11-9-14(27(4,25)26)10-15(12(11)2)17(24)21-18-20-16(22-23(18)3)13-5-7-19-8-6-13;/h9-10,13,19H,5-8H2,1-4H3,(H,20,21,22,24);1H. The molecule has 1 aliphatic rings. The molecule has 0 radical (unpaired) electrons. The second-order valence-corrected chi connectivity index (χ2v) is 9.10. The van der Waals surface area contributed by atoms with Crippen molar-refractivity contribution in [2.75, 3.05) is 24.7 Å². The Kier molecular flexibility index (Phi) is 6.84. The number of aryl methyl sites for hydroxylation is 2. The molecule has 0 bridgehead atoms. The summed E-state index contributed by atoms with van der Waals surface area (Å²) in [6, 6.07) is 3.00. The Balaban J connectivity index is 0.00000280. The molecule has 2 aromatic rings. The molecule has 2 heterocycles. The maximum atomic E-state index is 12.8. The third-order valence-corrected chi connectivity index (χ3v) is 6.11. The lowest BCUT2D eigenvalue weighted by molar-refractivity contribution is 0.102. The number of sulfone groups is 1. The van der Waals surface area contributed by atoms with E-state index in [1.54, 1.807) is 31.6 Å². The number of hydrogen-bond acceptors (Lipinski definition) is 6. The number of carbonyl (C=O) groups excluding carboxylic acids is 1. The zero-order valence-corrected chi connectivity index (χ0v) is 18.1. The molecule has 1 aromatic carbocycles. The summed E-state index contributed by atoms with van der Waals surface area (Å²) in [6.07, 6.45) is 3.06. The summed E-state index contributed by atoms with van der Waals surface area (Å²) in [7, 11) is -1.67. The second-order valence-electron chi connectivity index (χ2n) is 7.08. The minimum Gasteiger partial charge on any atom is -0.317 e. The summed E-state index contributed by atoms with van der Waals surface area (Å²) in [6.45, 7) is 5.45. The highest BCUT2D eigenvalue weighted by Crippen LogP contribution is 2.24. The van der Waals surface area contributed by atoms with Gasteiger partial charge in [-0.3, -0.25) is 10.1 Å². The van der Waals surface area contributed by atoms with E-state index in [1.165, 1.54) is 6.07 Å². The molecule has 0 saturated carbocycles. The van der Waals surface area contributed by atoms with Gasteiger partial charge < -0.3 is 5.32 Å². The summed E-state index contributed by atoms with van der Waals surface area (Å²) in [5.74, 6) is 0.969. The number of benzene rings is 1. The Morgan fingerprint density at radius 2 is 1.89 bits per heavy atom. The highest BCUT2D eigenvalue weighted by atomic mass is 35.5. The molecule has 1 saturated heterocycles. The van der Waals surface area contributed by atoms with Crippen molar-refractivity contribution in [3.63, 3.8) is 0 Å². The van der Waals surface area contributed by atoms with Gasteiger partial charge in [0.1, 0.15) is 0 Å². The molecule has 1 aromatic heterocycles. The molecule has 0 spiro atoms. The van der Waals surface area contributed by atoms with Crippen LogP contribution >= 0.6 is 12.4 Å². The summed E-state index contributed by atoms with van der Waals surface area (Å²) in [5.41, 5.74) is 1.80. The smallest absolute Gasteiger partial charge is 0.258 e. The van der Waals surface area contributed by atoms with E-state index in [-0.39, 0.29) is 23.2 Å². The molecule has 0 atom stereocenters. The van der Waals surface area contributed by atoms with E-state index in [0.29, 0.717) is 11.5 Å². The number of rotatable bonds is 4. The molecule has 8 nitrogen and oxygen atoms in total. The van der Waals surface area contributed by atoms with E-state index >= 15 is 0 Å². The Hall–Kier alpha value is -1.97. The third-order valence-electron chi connectivity index (χ3n) is 5.02. The highest BCUT2D eigenvalue weighted by Gasteiger charge is 2.22. The van der Waals surface area contributed by atoms with Crippen LogP contribution in [0.1, 0.15) is 46.1 Å². The molecule has 0 unspecified atom stereocenters. The summed E-state index contributed by atoms with van der Waals surface area (Å²) >= 11 is 0. The van der Waals surface area contributed by atoms with Gasteiger partial charge in [-0.1, -0.05) is 0 Å². The first kappa shape index (κ1) is 22.3. The van der Waals surface area contributed by atoms with Gasteiger partial charge in [0.05, 0.1) is 4.90 Å². The number of nitrogens with one attached hydrogen (secondary N) is 2. The Morgan fingerprint density at radius 1 is 1.25 bits per heavy atom. The van der Waals surface area contributed by atoms with Gasteiger partial charge in [-0.25, -0.2) is 13.1 Å². The van der Waals surface area contributed by atoms with Crippen LogP contribution in [-0.4, -0.2) is 48.4 Å². The molecule has 1 amide bonds. The van der Waals surface area contributed by atoms with Gasteiger partial charge in [0.15, 0.2) is 15.7 Å². The number of amides is 1. The first-order valence-electron chi connectivity index (χ1n) is 8.91. The van der Waals surface area contributed by atoms with Crippen molar-refractivity contribution >= 4 is 34.1 Å². The van der Waals surface area contributed by atoms with Crippen LogP contribution in [0.25, 0.3) is 0 Å². The lowest BCUT2D eigenvalue weighted by Gasteiger charge is -2.19. The van der Waals surface area contributed by atoms with Crippen LogP contribution in [0.2, 0.25) is 0 Å². The first-order chi connectivity index (χ1) is 12.7. The zero-order chi connectivity index (χ0) is 19.8. The number of anilines is 1. The molecule has 10 heteroatoms. The predicted octanol–water partition coefficient (Wildman–Crippen LogP) is 1.98. The number of nitrogens with zero attached hydrogens (tertiary/aromatic N) is 3. The fourth-order valence-electron chi connectivity index (χ4n) is 3.21. The first-order valence-corrected chi connectivity index (χ1v) is 10.8. The zero-order valence-electron chi connectivity index (χ0n) is 16.4. The molecule has 2 N–H and O–H groups in total. The monoisotopic (exact) mass is 427 g/mol. The van der Waals surface area contributed by atoms with Crippen molar-refractivity contribution in [3.05, 3.63) is 34.6 Å². The fourth-order valence-corrected chi connectivity index (χ4v) is 3.93. The van der Waals surface area contributed by atoms with Gasteiger partial charge in [-0.05, 0) is 63.0 Å². The third kappa shape index (κ3) is 4.71. The lowest BCUT2D eigenvalue weighted by atomic mass is 9.98. The maximum absolute atomic E-state index is 12.8. The SMILES string of the molecule is Cc1cc(S(C)(=O)=O)cc(C(=O)Nc2nc(C3CCNCC3)nn2C)c1C.Cl. The van der Waals surface area contributed by atoms with Crippen molar-refractivity contribution in [3.8, 4) is 0 Å². The minimum absolute atomic E-state index is 0. The quantitative estimate of drug-likeness (QED) is 0.772. The molecule has 28 heavy (non-hydrogen) atoms.